The highest BCUT2D eigenvalue weighted by atomic mass is 16.5. The Morgan fingerprint density at radius 2 is 2.18 bits per heavy atom. The molecular weight excluding hydrogens is 218 g/mol. The van der Waals surface area contributed by atoms with Crippen LogP contribution in [-0.4, -0.2) is 25.3 Å². The van der Waals surface area contributed by atoms with Gasteiger partial charge in [0.05, 0.1) is 0 Å². The fourth-order valence-electron chi connectivity index (χ4n) is 1.45. The molecule has 0 bridgehead atoms. The number of H-pyrrole nitrogens is 1. The number of hydrogen-bond donors (Lipinski definition) is 1. The van der Waals surface area contributed by atoms with Crippen LogP contribution in [0.1, 0.15) is 5.69 Å². The summed E-state index contributed by atoms with van der Waals surface area (Å²) < 4.78 is 5.13. The molecule has 0 aliphatic heterocycles. The maximum atomic E-state index is 5.13. The Morgan fingerprint density at radius 3 is 2.88 bits per heavy atom. The summed E-state index contributed by atoms with van der Waals surface area (Å²) in [5, 5.41) is 10.7. The quantitative estimate of drug-likeness (QED) is 0.722. The van der Waals surface area contributed by atoms with Crippen LogP contribution in [0.3, 0.4) is 0 Å². The van der Waals surface area contributed by atoms with Gasteiger partial charge < -0.3 is 4.52 Å². The largest absolute Gasteiger partial charge is 0.332 e. The molecule has 0 saturated carbocycles. The molecule has 6 nitrogen and oxygen atoms in total. The average Bonchev–Trinajstić information content (AvgIpc) is 2.98. The number of pyridine rings is 1. The highest BCUT2D eigenvalue weighted by molar-refractivity contribution is 5.53. The van der Waals surface area contributed by atoms with Gasteiger partial charge in [0.15, 0.2) is 5.69 Å². The van der Waals surface area contributed by atoms with Crippen molar-refractivity contribution in [2.75, 3.05) is 0 Å². The van der Waals surface area contributed by atoms with Crippen molar-refractivity contribution in [1.82, 2.24) is 25.3 Å². The van der Waals surface area contributed by atoms with Gasteiger partial charge in [0.1, 0.15) is 5.69 Å². The van der Waals surface area contributed by atoms with Gasteiger partial charge in [-0.2, -0.15) is 10.1 Å². The number of nitrogens with one attached hydrogen (secondary N) is 1. The summed E-state index contributed by atoms with van der Waals surface area (Å²) in [6.07, 6.45) is 1.68. The van der Waals surface area contributed by atoms with E-state index in [1.165, 1.54) is 0 Å². The van der Waals surface area contributed by atoms with Crippen molar-refractivity contribution in [1.29, 1.82) is 0 Å². The van der Waals surface area contributed by atoms with Crippen LogP contribution < -0.4 is 0 Å². The molecule has 3 heterocycles. The number of nitrogens with zero attached hydrogens (tertiary/aromatic N) is 4. The summed E-state index contributed by atoms with van der Waals surface area (Å²) in [7, 11) is 0. The number of hydrogen-bond acceptors (Lipinski definition) is 5. The van der Waals surface area contributed by atoms with E-state index in [1.807, 2.05) is 31.2 Å². The van der Waals surface area contributed by atoms with Crippen LogP contribution in [0.5, 0.6) is 0 Å². The van der Waals surface area contributed by atoms with Crippen molar-refractivity contribution in [3.05, 3.63) is 36.2 Å². The predicted molar refractivity (Wildman–Crippen MR) is 59.8 cm³/mol. The minimum absolute atomic E-state index is 0.384. The first-order valence-electron chi connectivity index (χ1n) is 5.10. The summed E-state index contributed by atoms with van der Waals surface area (Å²) in [5.74, 6) is 0.844. The molecule has 0 aromatic carbocycles. The second-order valence-corrected chi connectivity index (χ2v) is 3.57. The molecule has 84 valence electrons. The van der Waals surface area contributed by atoms with Gasteiger partial charge in [-0.25, -0.2) is 0 Å². The maximum Gasteiger partial charge on any atom is 0.278 e. The molecule has 0 aliphatic carbocycles. The number of aromatic nitrogens is 5. The Morgan fingerprint density at radius 1 is 1.24 bits per heavy atom. The monoisotopic (exact) mass is 227 g/mol. The summed E-state index contributed by atoms with van der Waals surface area (Å²) in [6.45, 7) is 1.91. The van der Waals surface area contributed by atoms with Crippen LogP contribution in [0, 0.1) is 6.92 Å². The topological polar surface area (TPSA) is 80.5 Å². The van der Waals surface area contributed by atoms with Gasteiger partial charge in [-0.05, 0) is 25.1 Å². The zero-order valence-electron chi connectivity index (χ0n) is 9.08. The molecule has 0 unspecified atom stereocenters. The average molecular weight is 227 g/mol. The molecule has 3 aromatic rings. The number of aromatic amines is 1. The van der Waals surface area contributed by atoms with Crippen molar-refractivity contribution in [3.63, 3.8) is 0 Å². The zero-order valence-corrected chi connectivity index (χ0v) is 9.08. The van der Waals surface area contributed by atoms with E-state index in [4.69, 9.17) is 4.52 Å². The first kappa shape index (κ1) is 9.71. The third-order valence-electron chi connectivity index (χ3n) is 2.25. The Hall–Kier alpha value is -2.50. The fraction of sp³-hybridized carbons (Fsp3) is 0.0909. The van der Waals surface area contributed by atoms with Crippen molar-refractivity contribution in [2.45, 2.75) is 6.92 Å². The lowest BCUT2D eigenvalue weighted by Gasteiger charge is -1.89. The lowest BCUT2D eigenvalue weighted by molar-refractivity contribution is 0.430. The molecule has 0 atom stereocenters. The van der Waals surface area contributed by atoms with E-state index in [1.54, 1.807) is 6.20 Å². The highest BCUT2D eigenvalue weighted by Gasteiger charge is 2.13. The van der Waals surface area contributed by atoms with Crippen molar-refractivity contribution in [3.8, 4) is 23.1 Å². The SMILES string of the molecule is Cc1cc(-c2nc(-c3ccccn3)no2)n[nH]1. The summed E-state index contributed by atoms with van der Waals surface area (Å²) in [5.41, 5.74) is 2.25. The summed E-state index contributed by atoms with van der Waals surface area (Å²) in [4.78, 5) is 8.39. The first-order chi connectivity index (χ1) is 8.33. The van der Waals surface area contributed by atoms with Crippen LogP contribution in [0.2, 0.25) is 0 Å². The third-order valence-corrected chi connectivity index (χ3v) is 2.25. The molecule has 3 aromatic heterocycles. The summed E-state index contributed by atoms with van der Waals surface area (Å²) >= 11 is 0. The minimum Gasteiger partial charge on any atom is -0.332 e. The van der Waals surface area contributed by atoms with E-state index in [0.29, 0.717) is 23.1 Å². The second kappa shape index (κ2) is 3.82. The molecule has 0 saturated heterocycles. The normalized spacial score (nSPS) is 10.6. The van der Waals surface area contributed by atoms with Crippen LogP contribution in [0.25, 0.3) is 23.1 Å². The van der Waals surface area contributed by atoms with Crippen LogP contribution in [0.15, 0.2) is 35.0 Å². The van der Waals surface area contributed by atoms with Crippen molar-refractivity contribution >= 4 is 0 Å². The van der Waals surface area contributed by atoms with Gasteiger partial charge in [-0.1, -0.05) is 11.2 Å². The highest BCUT2D eigenvalue weighted by Crippen LogP contribution is 2.19. The van der Waals surface area contributed by atoms with Gasteiger partial charge in [-0.3, -0.25) is 10.1 Å². The smallest absolute Gasteiger partial charge is 0.278 e. The predicted octanol–water partition coefficient (Wildman–Crippen LogP) is 1.83. The minimum atomic E-state index is 0.384. The molecule has 6 heteroatoms. The lowest BCUT2D eigenvalue weighted by Crippen LogP contribution is -1.84. The Balaban J connectivity index is 1.99. The van der Waals surface area contributed by atoms with Gasteiger partial charge in [0.2, 0.25) is 5.82 Å². The van der Waals surface area contributed by atoms with Gasteiger partial charge in [-0.15, -0.1) is 0 Å². The van der Waals surface area contributed by atoms with Gasteiger partial charge >= 0.3 is 0 Å². The third kappa shape index (κ3) is 1.80. The molecule has 0 fully saturated rings. The van der Waals surface area contributed by atoms with E-state index in [0.717, 1.165) is 5.69 Å². The van der Waals surface area contributed by atoms with E-state index >= 15 is 0 Å². The molecule has 0 radical (unpaired) electrons. The van der Waals surface area contributed by atoms with E-state index in [9.17, 15) is 0 Å². The van der Waals surface area contributed by atoms with Crippen LogP contribution in [0.4, 0.5) is 0 Å². The Labute approximate surface area is 96.7 Å². The molecule has 0 amide bonds. The standard InChI is InChI=1S/C11H9N5O/c1-7-6-9(15-14-7)11-13-10(16-17-11)8-4-2-3-5-12-8/h2-6H,1H3,(H,14,15). The Kier molecular flexibility index (Phi) is 2.18. The molecule has 17 heavy (non-hydrogen) atoms. The van der Waals surface area contributed by atoms with Gasteiger partial charge in [0.25, 0.3) is 5.89 Å². The Bertz CT molecular complexity index is 628. The lowest BCUT2D eigenvalue weighted by atomic mass is 10.3. The zero-order chi connectivity index (χ0) is 11.7. The molecule has 3 rings (SSSR count). The van der Waals surface area contributed by atoms with Crippen LogP contribution in [-0.2, 0) is 0 Å². The van der Waals surface area contributed by atoms with Gasteiger partial charge in [0, 0.05) is 11.9 Å². The van der Waals surface area contributed by atoms with E-state index in [-0.39, 0.29) is 0 Å². The van der Waals surface area contributed by atoms with Crippen LogP contribution >= 0.6 is 0 Å². The molecular formula is C11H9N5O. The molecule has 0 aliphatic rings. The number of aryl methyl sites for hydroxylation is 1. The fourth-order valence-corrected chi connectivity index (χ4v) is 1.45. The summed E-state index contributed by atoms with van der Waals surface area (Å²) in [6, 6.07) is 7.37. The van der Waals surface area contributed by atoms with E-state index < -0.39 is 0 Å². The van der Waals surface area contributed by atoms with E-state index in [2.05, 4.69) is 25.3 Å². The van der Waals surface area contributed by atoms with Crippen molar-refractivity contribution < 1.29 is 4.52 Å². The molecule has 1 N–H and O–H groups in total. The number of rotatable bonds is 2. The second-order valence-electron chi connectivity index (χ2n) is 3.57. The molecule has 0 spiro atoms. The van der Waals surface area contributed by atoms with Crippen molar-refractivity contribution in [2.24, 2.45) is 0 Å². The first-order valence-corrected chi connectivity index (χ1v) is 5.10. The maximum absolute atomic E-state index is 5.13.